The first-order valence-electron chi connectivity index (χ1n) is 14.8. The molecule has 4 N–H and O–H groups in total. The summed E-state index contributed by atoms with van der Waals surface area (Å²) in [5.41, 5.74) is 8.72. The van der Waals surface area contributed by atoms with Crippen molar-refractivity contribution in [2.75, 3.05) is 24.8 Å². The van der Waals surface area contributed by atoms with Crippen molar-refractivity contribution < 1.29 is 28.2 Å². The summed E-state index contributed by atoms with van der Waals surface area (Å²) in [6.45, 7) is 6.02. The molecule has 0 aliphatic rings. The van der Waals surface area contributed by atoms with Gasteiger partial charge in [-0.1, -0.05) is 12.1 Å². The number of benzene rings is 3. The zero-order valence-electron chi connectivity index (χ0n) is 25.8. The summed E-state index contributed by atoms with van der Waals surface area (Å²) in [6.07, 6.45) is 4.08. The van der Waals surface area contributed by atoms with Gasteiger partial charge in [-0.05, 0) is 70.4 Å². The van der Waals surface area contributed by atoms with Gasteiger partial charge in [0.2, 0.25) is 11.8 Å². The first-order valence-corrected chi connectivity index (χ1v) is 14.8. The third kappa shape index (κ3) is 7.43. The second-order valence-corrected chi connectivity index (χ2v) is 10.9. The first-order chi connectivity index (χ1) is 21.7. The molecule has 0 fully saturated rings. The molecular weight excluding hydrogens is 574 g/mol. The minimum Gasteiger partial charge on any atom is -0.493 e. The summed E-state index contributed by atoms with van der Waals surface area (Å²) in [4.78, 5) is 33.7. The van der Waals surface area contributed by atoms with Crippen molar-refractivity contribution in [1.82, 2.24) is 15.3 Å². The number of anilines is 2. The number of hydrogen-bond acceptors (Lipinski definition) is 9. The number of carbonyl (C=O) groups is 2. The molecule has 11 heteroatoms. The Hall–Kier alpha value is -5.32. The largest absolute Gasteiger partial charge is 0.493 e. The standard InChI is InChI=1S/C34H37N5O6/c1-20(2)38-33(41)32-21(3)44-28-16-22(13-14-23(28)32)45-34-24-17-30(29(42-4)18-27(24)36-19-37-34)43-15-9-5-6-12-31(40)39-26-11-8-7-10-25(26)35/h7-8,10-11,13-14,16-20H,5-6,9,12,15,35H2,1-4H3,(H,38,41)(H,39,40). The molecule has 0 spiro atoms. The van der Waals surface area contributed by atoms with Crippen molar-refractivity contribution in [3.63, 3.8) is 0 Å². The first kappa shape index (κ1) is 31.1. The predicted octanol–water partition coefficient (Wildman–Crippen LogP) is 6.78. The van der Waals surface area contributed by atoms with E-state index in [9.17, 15) is 9.59 Å². The molecule has 0 aliphatic carbocycles. The smallest absolute Gasteiger partial charge is 0.255 e. The molecule has 11 nitrogen and oxygen atoms in total. The van der Waals surface area contributed by atoms with E-state index >= 15 is 0 Å². The lowest BCUT2D eigenvalue weighted by Crippen LogP contribution is -2.30. The van der Waals surface area contributed by atoms with Crippen molar-refractivity contribution in [1.29, 1.82) is 0 Å². The number of nitrogens with zero attached hydrogens (tertiary/aromatic N) is 2. The van der Waals surface area contributed by atoms with Gasteiger partial charge in [0.05, 0.1) is 41.6 Å². The second-order valence-electron chi connectivity index (χ2n) is 10.9. The van der Waals surface area contributed by atoms with E-state index in [0.29, 0.717) is 87.1 Å². The van der Waals surface area contributed by atoms with Crippen LogP contribution < -0.4 is 30.6 Å². The maximum absolute atomic E-state index is 12.7. The van der Waals surface area contributed by atoms with Gasteiger partial charge in [-0.15, -0.1) is 0 Å². The number of nitrogen functional groups attached to an aromatic ring is 1. The van der Waals surface area contributed by atoms with Crippen LogP contribution in [0.2, 0.25) is 0 Å². The van der Waals surface area contributed by atoms with E-state index < -0.39 is 0 Å². The number of furan rings is 1. The van der Waals surface area contributed by atoms with Gasteiger partial charge >= 0.3 is 0 Å². The third-order valence-corrected chi connectivity index (χ3v) is 7.12. The highest BCUT2D eigenvalue weighted by atomic mass is 16.5. The number of fused-ring (bicyclic) bond motifs is 2. The summed E-state index contributed by atoms with van der Waals surface area (Å²) in [5, 5.41) is 7.10. The fraction of sp³-hybridized carbons (Fsp3) is 0.294. The van der Waals surface area contributed by atoms with Crippen LogP contribution in [0.25, 0.3) is 21.9 Å². The van der Waals surface area contributed by atoms with Gasteiger partial charge in [0.25, 0.3) is 5.91 Å². The van der Waals surface area contributed by atoms with Gasteiger partial charge in [0.1, 0.15) is 23.4 Å². The van der Waals surface area contributed by atoms with Gasteiger partial charge in [-0.25, -0.2) is 9.97 Å². The molecular formula is C34H37N5O6. The van der Waals surface area contributed by atoms with Crippen molar-refractivity contribution in [3.05, 3.63) is 72.2 Å². The Labute approximate surface area is 261 Å². The summed E-state index contributed by atoms with van der Waals surface area (Å²) in [5.74, 6) is 2.16. The van der Waals surface area contributed by atoms with Crippen molar-refractivity contribution in [2.45, 2.75) is 52.5 Å². The average molecular weight is 612 g/mol. The number of para-hydroxylation sites is 2. The number of ether oxygens (including phenoxy) is 3. The summed E-state index contributed by atoms with van der Waals surface area (Å²) >= 11 is 0. The number of rotatable bonds is 13. The Morgan fingerprint density at radius 3 is 2.58 bits per heavy atom. The van der Waals surface area contributed by atoms with Crippen LogP contribution in [-0.4, -0.2) is 41.5 Å². The van der Waals surface area contributed by atoms with E-state index in [2.05, 4.69) is 20.6 Å². The number of carbonyl (C=O) groups excluding carboxylic acids is 2. The Morgan fingerprint density at radius 2 is 1.80 bits per heavy atom. The fourth-order valence-electron chi connectivity index (χ4n) is 4.96. The topological polar surface area (TPSA) is 151 Å². The number of unbranched alkanes of at least 4 members (excludes halogenated alkanes) is 2. The lowest BCUT2D eigenvalue weighted by atomic mass is 10.1. The fourth-order valence-corrected chi connectivity index (χ4v) is 4.96. The zero-order chi connectivity index (χ0) is 31.9. The average Bonchev–Trinajstić information content (AvgIpc) is 3.34. The Morgan fingerprint density at radius 1 is 0.978 bits per heavy atom. The van der Waals surface area contributed by atoms with Crippen LogP contribution in [0.1, 0.15) is 55.6 Å². The molecule has 2 aromatic heterocycles. The summed E-state index contributed by atoms with van der Waals surface area (Å²) in [6, 6.07) is 16.1. The minimum absolute atomic E-state index is 0.00191. The molecule has 45 heavy (non-hydrogen) atoms. The molecule has 2 amide bonds. The van der Waals surface area contributed by atoms with Crippen molar-refractivity contribution in [2.24, 2.45) is 0 Å². The number of nitrogens with one attached hydrogen (secondary N) is 2. The molecule has 0 unspecified atom stereocenters. The lowest BCUT2D eigenvalue weighted by Gasteiger charge is -2.13. The van der Waals surface area contributed by atoms with Crippen LogP contribution in [-0.2, 0) is 4.79 Å². The van der Waals surface area contributed by atoms with Crippen molar-refractivity contribution in [3.8, 4) is 23.1 Å². The Bertz CT molecular complexity index is 1830. The normalized spacial score (nSPS) is 11.1. The molecule has 0 aliphatic heterocycles. The highest BCUT2D eigenvalue weighted by Crippen LogP contribution is 2.37. The zero-order valence-corrected chi connectivity index (χ0v) is 25.8. The van der Waals surface area contributed by atoms with Crippen molar-refractivity contribution >= 4 is 45.1 Å². The van der Waals surface area contributed by atoms with E-state index in [0.717, 1.165) is 12.8 Å². The third-order valence-electron chi connectivity index (χ3n) is 7.12. The van der Waals surface area contributed by atoms with Gasteiger partial charge in [-0.2, -0.15) is 0 Å². The number of aryl methyl sites for hydroxylation is 1. The predicted molar refractivity (Wildman–Crippen MR) is 173 cm³/mol. The second kappa shape index (κ2) is 14.0. The van der Waals surface area contributed by atoms with E-state index in [1.807, 2.05) is 26.0 Å². The highest BCUT2D eigenvalue weighted by molar-refractivity contribution is 6.07. The van der Waals surface area contributed by atoms with Crippen LogP contribution in [0.15, 0.2) is 65.3 Å². The lowest BCUT2D eigenvalue weighted by molar-refractivity contribution is -0.116. The molecule has 234 valence electrons. The highest BCUT2D eigenvalue weighted by Gasteiger charge is 2.20. The molecule has 5 aromatic rings. The van der Waals surface area contributed by atoms with Gasteiger partial charge in [-0.3, -0.25) is 9.59 Å². The van der Waals surface area contributed by atoms with E-state index in [1.165, 1.54) is 6.33 Å². The quantitative estimate of drug-likeness (QED) is 0.0966. The molecule has 2 heterocycles. The Kier molecular flexibility index (Phi) is 9.67. The molecule has 0 bridgehead atoms. The van der Waals surface area contributed by atoms with Crippen LogP contribution in [0.3, 0.4) is 0 Å². The number of nitrogens with two attached hydrogens (primary N) is 1. The van der Waals surface area contributed by atoms with Gasteiger partial charge in [0, 0.05) is 30.0 Å². The summed E-state index contributed by atoms with van der Waals surface area (Å²) in [7, 11) is 1.57. The maximum Gasteiger partial charge on any atom is 0.255 e. The number of amides is 2. The SMILES string of the molecule is COc1cc2ncnc(Oc3ccc4c(C(=O)NC(C)C)c(C)oc4c3)c2cc1OCCCCCC(=O)Nc1ccccc1N. The van der Waals surface area contributed by atoms with Crippen LogP contribution in [0.5, 0.6) is 23.1 Å². The molecule has 5 rings (SSSR count). The van der Waals surface area contributed by atoms with Gasteiger partial charge < -0.3 is 35.0 Å². The molecule has 3 aromatic carbocycles. The molecule has 0 radical (unpaired) electrons. The maximum atomic E-state index is 12.7. The van der Waals surface area contributed by atoms with Gasteiger partial charge in [0.15, 0.2) is 11.5 Å². The van der Waals surface area contributed by atoms with E-state index in [1.54, 1.807) is 56.5 Å². The number of aromatic nitrogens is 2. The van der Waals surface area contributed by atoms with Crippen LogP contribution in [0.4, 0.5) is 11.4 Å². The number of methoxy groups -OCH3 is 1. The minimum atomic E-state index is -0.183. The number of hydrogen-bond donors (Lipinski definition) is 3. The Balaban J connectivity index is 1.23. The molecule has 0 saturated carbocycles. The van der Waals surface area contributed by atoms with E-state index in [-0.39, 0.29) is 17.9 Å². The molecule has 0 atom stereocenters. The van der Waals surface area contributed by atoms with Crippen LogP contribution >= 0.6 is 0 Å². The van der Waals surface area contributed by atoms with Crippen LogP contribution in [0, 0.1) is 6.92 Å². The van der Waals surface area contributed by atoms with E-state index in [4.69, 9.17) is 24.4 Å². The molecule has 0 saturated heterocycles. The summed E-state index contributed by atoms with van der Waals surface area (Å²) < 4.78 is 23.7. The monoisotopic (exact) mass is 611 g/mol.